The van der Waals surface area contributed by atoms with Crippen molar-refractivity contribution in [3.05, 3.63) is 95.6 Å². The molecule has 0 amide bonds. The molecule has 7 rings (SSSR count). The fraction of sp³-hybridized carbons (Fsp3) is 0.571. The van der Waals surface area contributed by atoms with Crippen molar-refractivity contribution < 1.29 is 40.2 Å². The monoisotopic (exact) mass is 766 g/mol. The average molecular weight is 767 g/mol. The highest BCUT2D eigenvalue weighted by atomic mass is 32.2. The largest absolute Gasteiger partial charge is 0.389 e. The van der Waals surface area contributed by atoms with Gasteiger partial charge in [0, 0.05) is 5.41 Å². The topological polar surface area (TPSA) is 136 Å². The SMILES string of the molecule is Cc1ccc(S(=O)(=O)OCC(COC2CC[C@@]3(C)C(CC[C@@H]4[C@H]3CC[C@]3(C)C(O)(c5ccccc5)CC[C@@]43O)C2)OS(=O)(=O)c2ccc(C)cc2)cc1. The van der Waals surface area contributed by atoms with Crippen LogP contribution in [0, 0.1) is 42.4 Å². The third-order valence-corrected chi connectivity index (χ3v) is 16.7. The summed E-state index contributed by atoms with van der Waals surface area (Å²) in [4.78, 5) is -0.0595. The highest BCUT2D eigenvalue weighted by molar-refractivity contribution is 7.87. The van der Waals surface area contributed by atoms with E-state index in [2.05, 4.69) is 13.8 Å². The number of hydrogen-bond donors (Lipinski definition) is 2. The molecule has 0 saturated heterocycles. The number of rotatable bonds is 11. The predicted molar refractivity (Wildman–Crippen MR) is 201 cm³/mol. The average Bonchev–Trinajstić information content (AvgIpc) is 3.36. The molecule has 0 heterocycles. The lowest BCUT2D eigenvalue weighted by molar-refractivity contribution is -0.239. The Morgan fingerprint density at radius 3 is 1.96 bits per heavy atom. The maximum Gasteiger partial charge on any atom is 0.297 e. The highest BCUT2D eigenvalue weighted by Crippen LogP contribution is 2.71. The summed E-state index contributed by atoms with van der Waals surface area (Å²) in [5, 5.41) is 24.9. The molecule has 0 aromatic heterocycles. The number of aryl methyl sites for hydroxylation is 2. The molecule has 0 spiro atoms. The molecule has 288 valence electrons. The Labute approximate surface area is 315 Å². The van der Waals surface area contributed by atoms with Crippen molar-refractivity contribution in [2.24, 2.45) is 28.6 Å². The molecule has 2 N–H and O–H groups in total. The van der Waals surface area contributed by atoms with Crippen LogP contribution in [-0.2, 0) is 38.9 Å². The summed E-state index contributed by atoms with van der Waals surface area (Å²) >= 11 is 0. The molecule has 0 radical (unpaired) electrons. The normalized spacial score (nSPS) is 34.8. The van der Waals surface area contributed by atoms with Gasteiger partial charge in [-0.3, -0.25) is 8.37 Å². The molecule has 9 nitrogen and oxygen atoms in total. The Bertz CT molecular complexity index is 1990. The van der Waals surface area contributed by atoms with Gasteiger partial charge >= 0.3 is 0 Å². The summed E-state index contributed by atoms with van der Waals surface area (Å²) in [6.45, 7) is 7.49. The second kappa shape index (κ2) is 14.1. The van der Waals surface area contributed by atoms with Crippen molar-refractivity contribution in [3.8, 4) is 0 Å². The Morgan fingerprint density at radius 1 is 0.698 bits per heavy atom. The van der Waals surface area contributed by atoms with Crippen LogP contribution < -0.4 is 0 Å². The maximum atomic E-state index is 13.3. The fourth-order valence-corrected chi connectivity index (χ4v) is 12.7. The zero-order valence-electron chi connectivity index (χ0n) is 31.2. The van der Waals surface area contributed by atoms with E-state index in [0.717, 1.165) is 61.6 Å². The van der Waals surface area contributed by atoms with E-state index in [-0.39, 0.29) is 33.8 Å². The summed E-state index contributed by atoms with van der Waals surface area (Å²) in [5.41, 5.74) is -0.0192. The Kier molecular flexibility index (Phi) is 10.3. The van der Waals surface area contributed by atoms with Gasteiger partial charge in [0.2, 0.25) is 0 Å². The molecule has 4 unspecified atom stereocenters. The summed E-state index contributed by atoms with van der Waals surface area (Å²) in [6, 6.07) is 22.4. The second-order valence-corrected chi connectivity index (χ2v) is 20.0. The molecule has 4 aliphatic rings. The number of fused-ring (bicyclic) bond motifs is 5. The van der Waals surface area contributed by atoms with Gasteiger partial charge in [0.05, 0.1) is 40.3 Å². The van der Waals surface area contributed by atoms with Crippen molar-refractivity contribution in [2.45, 2.75) is 119 Å². The van der Waals surface area contributed by atoms with Crippen LogP contribution in [0.2, 0.25) is 0 Å². The van der Waals surface area contributed by atoms with E-state index in [9.17, 15) is 27.0 Å². The van der Waals surface area contributed by atoms with Crippen LogP contribution in [0.3, 0.4) is 0 Å². The lowest BCUT2D eigenvalue weighted by Crippen LogP contribution is -2.64. The first-order valence-corrected chi connectivity index (χ1v) is 21.9. The van der Waals surface area contributed by atoms with Crippen molar-refractivity contribution in [2.75, 3.05) is 13.2 Å². The van der Waals surface area contributed by atoms with Crippen LogP contribution in [0.5, 0.6) is 0 Å². The molecule has 3 aromatic carbocycles. The summed E-state index contributed by atoms with van der Waals surface area (Å²) in [5.74, 6) is 0.753. The quantitative estimate of drug-likeness (QED) is 0.194. The zero-order valence-corrected chi connectivity index (χ0v) is 32.9. The molecule has 11 heteroatoms. The molecule has 4 aliphatic carbocycles. The van der Waals surface area contributed by atoms with Crippen molar-refractivity contribution in [3.63, 3.8) is 0 Å². The Balaban J connectivity index is 1.04. The Morgan fingerprint density at radius 2 is 1.32 bits per heavy atom. The van der Waals surface area contributed by atoms with Gasteiger partial charge in [0.25, 0.3) is 20.2 Å². The standard InChI is InChI=1S/C42H54O9S2/c1-29-10-15-35(16-11-29)52(45,46)50-28-34(51-53(47,48)36-17-12-30(2)13-18-36)27-49-33-20-22-39(3)32(26-33)14-19-38-37(39)21-23-40(4)41(43,24-25-42(38,40)44)31-8-6-5-7-9-31/h5-13,15-18,32-34,37-38,43-44H,14,19-28H2,1-4H3/t32?,33?,34?,37-,38-,39+,40-,41?,42-/m1/s1. The van der Waals surface area contributed by atoms with E-state index in [4.69, 9.17) is 13.1 Å². The molecule has 0 bridgehead atoms. The highest BCUT2D eigenvalue weighted by Gasteiger charge is 2.72. The molecular weight excluding hydrogens is 713 g/mol. The molecule has 0 aliphatic heterocycles. The van der Waals surface area contributed by atoms with Gasteiger partial charge in [-0.05, 0) is 125 Å². The van der Waals surface area contributed by atoms with Gasteiger partial charge in [-0.2, -0.15) is 16.8 Å². The van der Waals surface area contributed by atoms with Crippen molar-refractivity contribution in [1.29, 1.82) is 0 Å². The van der Waals surface area contributed by atoms with E-state index < -0.39 is 49.6 Å². The van der Waals surface area contributed by atoms with Crippen LogP contribution in [0.25, 0.3) is 0 Å². The van der Waals surface area contributed by atoms with Gasteiger partial charge in [-0.25, -0.2) is 0 Å². The van der Waals surface area contributed by atoms with E-state index in [1.54, 1.807) is 24.3 Å². The third kappa shape index (κ3) is 6.83. The Hall–Kier alpha value is -2.64. The van der Waals surface area contributed by atoms with E-state index in [1.165, 1.54) is 24.3 Å². The minimum Gasteiger partial charge on any atom is -0.389 e. The number of benzene rings is 3. The van der Waals surface area contributed by atoms with Crippen molar-refractivity contribution in [1.82, 2.24) is 0 Å². The third-order valence-electron chi connectivity index (χ3n) is 14.0. The molecule has 4 fully saturated rings. The lowest BCUT2D eigenvalue weighted by atomic mass is 9.43. The molecular formula is C42H54O9S2. The van der Waals surface area contributed by atoms with Gasteiger partial charge in [0.15, 0.2) is 0 Å². The molecule has 4 saturated carbocycles. The van der Waals surface area contributed by atoms with Crippen LogP contribution in [0.15, 0.2) is 88.7 Å². The first kappa shape index (κ1) is 38.6. The smallest absolute Gasteiger partial charge is 0.297 e. The van der Waals surface area contributed by atoms with Crippen LogP contribution in [0.1, 0.15) is 88.3 Å². The van der Waals surface area contributed by atoms with Crippen LogP contribution in [-0.4, -0.2) is 58.1 Å². The van der Waals surface area contributed by atoms with E-state index in [0.29, 0.717) is 24.7 Å². The summed E-state index contributed by atoms with van der Waals surface area (Å²) in [7, 11) is -8.43. The van der Waals surface area contributed by atoms with Crippen LogP contribution in [0.4, 0.5) is 0 Å². The van der Waals surface area contributed by atoms with Gasteiger partial charge in [-0.1, -0.05) is 79.6 Å². The fourth-order valence-electron chi connectivity index (χ4n) is 10.8. The second-order valence-electron chi connectivity index (χ2n) is 16.8. The van der Waals surface area contributed by atoms with E-state index >= 15 is 0 Å². The van der Waals surface area contributed by atoms with Crippen molar-refractivity contribution >= 4 is 20.2 Å². The predicted octanol–water partition coefficient (Wildman–Crippen LogP) is 7.21. The zero-order chi connectivity index (χ0) is 37.9. The summed E-state index contributed by atoms with van der Waals surface area (Å²) in [6.07, 6.45) is 5.67. The first-order valence-electron chi connectivity index (χ1n) is 19.1. The molecule has 9 atom stereocenters. The number of hydrogen-bond acceptors (Lipinski definition) is 9. The maximum absolute atomic E-state index is 13.3. The van der Waals surface area contributed by atoms with Crippen LogP contribution >= 0.6 is 0 Å². The molecule has 53 heavy (non-hydrogen) atoms. The van der Waals surface area contributed by atoms with Gasteiger partial charge in [-0.15, -0.1) is 0 Å². The lowest BCUT2D eigenvalue weighted by Gasteiger charge is -2.64. The van der Waals surface area contributed by atoms with Gasteiger partial charge in [0.1, 0.15) is 6.10 Å². The number of aliphatic hydroxyl groups is 2. The number of ether oxygens (including phenoxy) is 1. The first-order chi connectivity index (χ1) is 25.0. The minimum absolute atomic E-state index is 0.0107. The summed E-state index contributed by atoms with van der Waals surface area (Å²) < 4.78 is 70.2. The van der Waals surface area contributed by atoms with Gasteiger partial charge < -0.3 is 14.9 Å². The van der Waals surface area contributed by atoms with E-state index in [1.807, 2.05) is 44.2 Å². The molecule has 3 aromatic rings. The minimum atomic E-state index is -4.25.